The second-order valence-corrected chi connectivity index (χ2v) is 6.37. The predicted molar refractivity (Wildman–Crippen MR) is 90.3 cm³/mol. The van der Waals surface area contributed by atoms with Crippen LogP contribution in [0.15, 0.2) is 30.3 Å². The summed E-state index contributed by atoms with van der Waals surface area (Å²) in [4.78, 5) is 25.7. The van der Waals surface area contributed by atoms with Gasteiger partial charge in [-0.15, -0.1) is 11.3 Å². The van der Waals surface area contributed by atoms with Crippen LogP contribution in [0.2, 0.25) is 0 Å². The van der Waals surface area contributed by atoms with Gasteiger partial charge < -0.3 is 14.8 Å². The maximum Gasteiger partial charge on any atom is 0.339 e. The lowest BCUT2D eigenvalue weighted by molar-refractivity contribution is -0.119. The molecule has 0 aliphatic carbocycles. The standard InChI is InChI=1S/C17H19NO4S/c1-4-21-14-7-5-13(6-8-14)18-16(19)10-22-17(20)15-9-11(2)23-12(15)3/h5-9H,4,10H2,1-3H3,(H,18,19). The summed E-state index contributed by atoms with van der Waals surface area (Å²) in [6.07, 6.45) is 0. The van der Waals surface area contributed by atoms with Gasteiger partial charge in [-0.3, -0.25) is 4.79 Å². The summed E-state index contributed by atoms with van der Waals surface area (Å²) in [7, 11) is 0. The fraction of sp³-hybridized carbons (Fsp3) is 0.294. The van der Waals surface area contributed by atoms with Crippen LogP contribution in [0.3, 0.4) is 0 Å². The van der Waals surface area contributed by atoms with Crippen molar-refractivity contribution in [1.82, 2.24) is 0 Å². The molecule has 0 radical (unpaired) electrons. The monoisotopic (exact) mass is 333 g/mol. The molecular weight excluding hydrogens is 314 g/mol. The Hall–Kier alpha value is -2.34. The lowest BCUT2D eigenvalue weighted by atomic mass is 10.2. The fourth-order valence-electron chi connectivity index (χ4n) is 2.04. The van der Waals surface area contributed by atoms with Crippen molar-refractivity contribution in [3.05, 3.63) is 45.6 Å². The van der Waals surface area contributed by atoms with Gasteiger partial charge in [-0.1, -0.05) is 0 Å². The number of aryl methyl sites for hydroxylation is 2. The van der Waals surface area contributed by atoms with Crippen LogP contribution in [0.4, 0.5) is 5.69 Å². The molecule has 0 atom stereocenters. The highest BCUT2D eigenvalue weighted by Crippen LogP contribution is 2.21. The van der Waals surface area contributed by atoms with E-state index in [1.165, 1.54) is 11.3 Å². The minimum atomic E-state index is -0.478. The molecule has 122 valence electrons. The number of ether oxygens (including phenoxy) is 2. The van der Waals surface area contributed by atoms with E-state index >= 15 is 0 Å². The van der Waals surface area contributed by atoms with Crippen LogP contribution in [0.25, 0.3) is 0 Å². The molecule has 0 aliphatic rings. The van der Waals surface area contributed by atoms with Gasteiger partial charge in [0, 0.05) is 15.4 Å². The van der Waals surface area contributed by atoms with Crippen LogP contribution in [0, 0.1) is 13.8 Å². The number of hydrogen-bond acceptors (Lipinski definition) is 5. The molecule has 2 aromatic rings. The number of hydrogen-bond donors (Lipinski definition) is 1. The number of amides is 1. The lowest BCUT2D eigenvalue weighted by Gasteiger charge is -2.08. The van der Waals surface area contributed by atoms with E-state index in [1.807, 2.05) is 20.8 Å². The molecule has 0 saturated carbocycles. The number of anilines is 1. The van der Waals surface area contributed by atoms with E-state index in [4.69, 9.17) is 9.47 Å². The molecule has 23 heavy (non-hydrogen) atoms. The van der Waals surface area contributed by atoms with Gasteiger partial charge in [0.15, 0.2) is 6.61 Å². The van der Waals surface area contributed by atoms with Gasteiger partial charge in [0.2, 0.25) is 0 Å². The Morgan fingerprint density at radius 1 is 1.17 bits per heavy atom. The highest BCUT2D eigenvalue weighted by atomic mass is 32.1. The maximum atomic E-state index is 11.9. The summed E-state index contributed by atoms with van der Waals surface area (Å²) < 4.78 is 10.4. The Morgan fingerprint density at radius 2 is 1.87 bits per heavy atom. The zero-order valence-electron chi connectivity index (χ0n) is 13.3. The van der Waals surface area contributed by atoms with Gasteiger partial charge >= 0.3 is 5.97 Å². The second-order valence-electron chi connectivity index (χ2n) is 4.91. The molecule has 6 heteroatoms. The summed E-state index contributed by atoms with van der Waals surface area (Å²) in [5.41, 5.74) is 1.14. The van der Waals surface area contributed by atoms with Crippen molar-refractivity contribution >= 4 is 28.9 Å². The normalized spacial score (nSPS) is 10.2. The third-order valence-corrected chi connectivity index (χ3v) is 4.01. The first-order chi connectivity index (χ1) is 11.0. The van der Waals surface area contributed by atoms with Crippen molar-refractivity contribution in [3.63, 3.8) is 0 Å². The lowest BCUT2D eigenvalue weighted by Crippen LogP contribution is -2.21. The van der Waals surface area contributed by atoms with E-state index in [2.05, 4.69) is 5.32 Å². The Morgan fingerprint density at radius 3 is 2.43 bits per heavy atom. The fourth-order valence-corrected chi connectivity index (χ4v) is 2.95. The van der Waals surface area contributed by atoms with Crippen molar-refractivity contribution in [2.75, 3.05) is 18.5 Å². The number of carbonyl (C=O) groups excluding carboxylic acids is 2. The molecule has 5 nitrogen and oxygen atoms in total. The summed E-state index contributed by atoms with van der Waals surface area (Å²) in [6.45, 7) is 5.95. The van der Waals surface area contributed by atoms with E-state index < -0.39 is 5.97 Å². The van der Waals surface area contributed by atoms with Crippen molar-refractivity contribution in [2.45, 2.75) is 20.8 Å². The number of esters is 1. The topological polar surface area (TPSA) is 64.6 Å². The van der Waals surface area contributed by atoms with Crippen LogP contribution in [-0.4, -0.2) is 25.1 Å². The van der Waals surface area contributed by atoms with Gasteiger partial charge in [-0.2, -0.15) is 0 Å². The molecule has 0 spiro atoms. The van der Waals surface area contributed by atoms with E-state index in [-0.39, 0.29) is 12.5 Å². The Balaban J connectivity index is 1.85. The van der Waals surface area contributed by atoms with Gasteiger partial charge in [0.1, 0.15) is 5.75 Å². The van der Waals surface area contributed by atoms with Crippen molar-refractivity contribution < 1.29 is 19.1 Å². The zero-order chi connectivity index (χ0) is 16.8. The van der Waals surface area contributed by atoms with Gasteiger partial charge in [-0.05, 0) is 51.1 Å². The van der Waals surface area contributed by atoms with Gasteiger partial charge in [0.05, 0.1) is 12.2 Å². The van der Waals surface area contributed by atoms with Gasteiger partial charge in [0.25, 0.3) is 5.91 Å². The highest BCUT2D eigenvalue weighted by Gasteiger charge is 2.15. The largest absolute Gasteiger partial charge is 0.494 e. The average Bonchev–Trinajstić information content (AvgIpc) is 2.86. The summed E-state index contributed by atoms with van der Waals surface area (Å²) in [5, 5.41) is 2.67. The smallest absolute Gasteiger partial charge is 0.339 e. The predicted octanol–water partition coefficient (Wildman–Crippen LogP) is 3.56. The molecule has 0 unspecified atom stereocenters. The first-order valence-electron chi connectivity index (χ1n) is 7.26. The first-order valence-corrected chi connectivity index (χ1v) is 8.08. The van der Waals surface area contributed by atoms with Crippen LogP contribution >= 0.6 is 11.3 Å². The van der Waals surface area contributed by atoms with Crippen LogP contribution < -0.4 is 10.1 Å². The number of carbonyl (C=O) groups is 2. The summed E-state index contributed by atoms with van der Waals surface area (Å²) in [5.74, 6) is -0.124. The molecule has 2 rings (SSSR count). The Kier molecular flexibility index (Phi) is 5.76. The average molecular weight is 333 g/mol. The summed E-state index contributed by atoms with van der Waals surface area (Å²) in [6, 6.07) is 8.77. The molecule has 1 aromatic carbocycles. The van der Waals surface area contributed by atoms with E-state index in [9.17, 15) is 9.59 Å². The van der Waals surface area contributed by atoms with E-state index in [0.717, 1.165) is 15.5 Å². The molecule has 0 aliphatic heterocycles. The molecule has 1 amide bonds. The minimum Gasteiger partial charge on any atom is -0.494 e. The molecule has 0 fully saturated rings. The zero-order valence-corrected chi connectivity index (χ0v) is 14.2. The first kappa shape index (κ1) is 17.0. The number of benzene rings is 1. The SMILES string of the molecule is CCOc1ccc(NC(=O)COC(=O)c2cc(C)sc2C)cc1. The maximum absolute atomic E-state index is 11.9. The van der Waals surface area contributed by atoms with Crippen molar-refractivity contribution in [2.24, 2.45) is 0 Å². The van der Waals surface area contributed by atoms with Crippen LogP contribution in [0.1, 0.15) is 27.0 Å². The molecule has 0 saturated heterocycles. The third kappa shape index (κ3) is 4.82. The second kappa shape index (κ2) is 7.78. The highest BCUT2D eigenvalue weighted by molar-refractivity contribution is 7.12. The number of rotatable bonds is 6. The minimum absolute atomic E-state index is 0.319. The Bertz CT molecular complexity index is 691. The number of thiophene rings is 1. The van der Waals surface area contributed by atoms with Crippen molar-refractivity contribution in [1.29, 1.82) is 0 Å². The Labute approximate surface area is 139 Å². The summed E-state index contributed by atoms with van der Waals surface area (Å²) >= 11 is 1.53. The van der Waals surface area contributed by atoms with E-state index in [1.54, 1.807) is 30.3 Å². The molecule has 1 heterocycles. The number of nitrogens with one attached hydrogen (secondary N) is 1. The van der Waals surface area contributed by atoms with Crippen LogP contribution in [-0.2, 0) is 9.53 Å². The third-order valence-electron chi connectivity index (χ3n) is 3.04. The molecule has 1 aromatic heterocycles. The molecular formula is C17H19NO4S. The van der Waals surface area contributed by atoms with Gasteiger partial charge in [-0.25, -0.2) is 4.79 Å². The molecule has 1 N–H and O–H groups in total. The van der Waals surface area contributed by atoms with E-state index in [0.29, 0.717) is 17.9 Å². The van der Waals surface area contributed by atoms with Crippen molar-refractivity contribution in [3.8, 4) is 5.75 Å². The quantitative estimate of drug-likeness (QED) is 0.821. The van der Waals surface area contributed by atoms with Crippen LogP contribution in [0.5, 0.6) is 5.75 Å². The molecule has 0 bridgehead atoms.